The Morgan fingerprint density at radius 2 is 1.88 bits per heavy atom. The molecule has 0 radical (unpaired) electrons. The maximum absolute atomic E-state index is 11.4. The number of para-hydroxylation sites is 1. The summed E-state index contributed by atoms with van der Waals surface area (Å²) in [5, 5.41) is 9.53. The highest BCUT2D eigenvalue weighted by atomic mass is 16.7. The lowest BCUT2D eigenvalue weighted by atomic mass is 10.2. The van der Waals surface area contributed by atoms with Crippen molar-refractivity contribution in [2.75, 3.05) is 0 Å². The lowest BCUT2D eigenvalue weighted by Crippen LogP contribution is -2.24. The second-order valence-corrected chi connectivity index (χ2v) is 4.51. The molecule has 1 aromatic rings. The molecule has 0 saturated heterocycles. The van der Waals surface area contributed by atoms with Gasteiger partial charge in [-0.2, -0.15) is 0 Å². The number of carbonyl (C=O) groups excluding carboxylic acids is 1. The Morgan fingerprint density at radius 1 is 1.29 bits per heavy atom. The second kappa shape index (κ2) is 4.91. The third-order valence-corrected chi connectivity index (χ3v) is 1.80. The number of rotatable bonds is 2. The molecular formula is C13H16O4. The molecule has 0 atom stereocenters. The van der Waals surface area contributed by atoms with E-state index >= 15 is 0 Å². The van der Waals surface area contributed by atoms with E-state index in [-0.39, 0.29) is 11.5 Å². The van der Waals surface area contributed by atoms with Crippen molar-refractivity contribution in [3.63, 3.8) is 0 Å². The van der Waals surface area contributed by atoms with Gasteiger partial charge in [0.25, 0.3) is 0 Å². The molecule has 0 unspecified atom stereocenters. The quantitative estimate of drug-likeness (QED) is 0.632. The molecule has 0 aliphatic carbocycles. The van der Waals surface area contributed by atoms with Crippen molar-refractivity contribution in [2.45, 2.75) is 26.4 Å². The van der Waals surface area contributed by atoms with Gasteiger partial charge in [-0.05, 0) is 32.9 Å². The maximum atomic E-state index is 11.4. The molecule has 4 nitrogen and oxygen atoms in total. The SMILES string of the molecule is C=C(OC(=O)OC(C)(C)C)c1ccccc1O. The predicted molar refractivity (Wildman–Crippen MR) is 64.5 cm³/mol. The summed E-state index contributed by atoms with van der Waals surface area (Å²) < 4.78 is 9.84. The van der Waals surface area contributed by atoms with Gasteiger partial charge in [-0.1, -0.05) is 18.7 Å². The Labute approximate surface area is 100 Å². The Kier molecular flexibility index (Phi) is 3.78. The molecule has 92 valence electrons. The van der Waals surface area contributed by atoms with E-state index < -0.39 is 11.8 Å². The van der Waals surface area contributed by atoms with Gasteiger partial charge in [0.15, 0.2) is 0 Å². The molecule has 1 rings (SSSR count). The summed E-state index contributed by atoms with van der Waals surface area (Å²) in [5.74, 6) is 0.0541. The second-order valence-electron chi connectivity index (χ2n) is 4.51. The number of phenols is 1. The molecular weight excluding hydrogens is 220 g/mol. The third-order valence-electron chi connectivity index (χ3n) is 1.80. The van der Waals surface area contributed by atoms with Crippen LogP contribution in [0.25, 0.3) is 5.76 Å². The molecule has 1 N–H and O–H groups in total. The smallest absolute Gasteiger partial charge is 0.507 e. The van der Waals surface area contributed by atoms with Crippen molar-refractivity contribution >= 4 is 11.9 Å². The molecule has 0 fully saturated rings. The highest BCUT2D eigenvalue weighted by Crippen LogP contribution is 2.24. The van der Waals surface area contributed by atoms with Crippen molar-refractivity contribution in [1.82, 2.24) is 0 Å². The standard InChI is InChI=1S/C13H16O4/c1-9(10-7-5-6-8-11(10)14)16-12(15)17-13(2,3)4/h5-8,14H,1H2,2-4H3. The van der Waals surface area contributed by atoms with Crippen molar-refractivity contribution in [3.8, 4) is 5.75 Å². The van der Waals surface area contributed by atoms with Crippen LogP contribution in [0.3, 0.4) is 0 Å². The van der Waals surface area contributed by atoms with E-state index in [1.54, 1.807) is 39.0 Å². The zero-order valence-corrected chi connectivity index (χ0v) is 10.2. The Bertz CT molecular complexity index is 429. The topological polar surface area (TPSA) is 55.8 Å². The van der Waals surface area contributed by atoms with Crippen molar-refractivity contribution in [1.29, 1.82) is 0 Å². The van der Waals surface area contributed by atoms with Crippen LogP contribution in [0.5, 0.6) is 5.75 Å². The molecule has 0 amide bonds. The number of hydrogen-bond acceptors (Lipinski definition) is 4. The van der Waals surface area contributed by atoms with Gasteiger partial charge in [0.2, 0.25) is 0 Å². The van der Waals surface area contributed by atoms with Crippen LogP contribution in [-0.4, -0.2) is 16.9 Å². The van der Waals surface area contributed by atoms with E-state index in [9.17, 15) is 9.90 Å². The van der Waals surface area contributed by atoms with Gasteiger partial charge in [0.05, 0.1) is 5.56 Å². The average Bonchev–Trinajstić information content (AvgIpc) is 2.14. The summed E-state index contributed by atoms with van der Waals surface area (Å²) in [6, 6.07) is 6.46. The minimum absolute atomic E-state index is 0.000980. The first kappa shape index (κ1) is 13.1. The van der Waals surface area contributed by atoms with Crippen LogP contribution in [0.2, 0.25) is 0 Å². The van der Waals surface area contributed by atoms with Gasteiger partial charge < -0.3 is 14.6 Å². The van der Waals surface area contributed by atoms with E-state index in [4.69, 9.17) is 9.47 Å². The number of phenolic OH excluding ortho intramolecular Hbond substituents is 1. The zero-order chi connectivity index (χ0) is 13.1. The van der Waals surface area contributed by atoms with Crippen LogP contribution in [0.4, 0.5) is 4.79 Å². The monoisotopic (exact) mass is 236 g/mol. The molecule has 17 heavy (non-hydrogen) atoms. The van der Waals surface area contributed by atoms with Crippen molar-refractivity contribution in [2.24, 2.45) is 0 Å². The number of ether oxygens (including phenoxy) is 2. The Hall–Kier alpha value is -1.97. The van der Waals surface area contributed by atoms with Crippen molar-refractivity contribution in [3.05, 3.63) is 36.4 Å². The normalized spacial score (nSPS) is 10.8. The van der Waals surface area contributed by atoms with Crippen LogP contribution in [0.1, 0.15) is 26.3 Å². The molecule has 1 aromatic carbocycles. The summed E-state index contributed by atoms with van der Waals surface area (Å²) in [5.41, 5.74) is -0.269. The van der Waals surface area contributed by atoms with E-state index in [2.05, 4.69) is 6.58 Å². The molecule has 0 aliphatic rings. The lowest BCUT2D eigenvalue weighted by molar-refractivity contribution is 0.0149. The minimum atomic E-state index is -0.842. The zero-order valence-electron chi connectivity index (χ0n) is 10.2. The largest absolute Gasteiger partial charge is 0.514 e. The van der Waals surface area contributed by atoms with Crippen LogP contribution >= 0.6 is 0 Å². The molecule has 0 aliphatic heterocycles. The first-order valence-electron chi connectivity index (χ1n) is 5.18. The molecule has 0 spiro atoms. The molecule has 4 heteroatoms. The van der Waals surface area contributed by atoms with Crippen LogP contribution in [-0.2, 0) is 9.47 Å². The molecule has 0 heterocycles. The van der Waals surface area contributed by atoms with Gasteiger partial charge in [-0.3, -0.25) is 0 Å². The number of benzene rings is 1. The average molecular weight is 236 g/mol. The van der Waals surface area contributed by atoms with Gasteiger partial charge in [-0.25, -0.2) is 4.79 Å². The highest BCUT2D eigenvalue weighted by molar-refractivity contribution is 5.74. The van der Waals surface area contributed by atoms with Crippen LogP contribution in [0.15, 0.2) is 30.8 Å². The van der Waals surface area contributed by atoms with Crippen LogP contribution < -0.4 is 0 Å². The maximum Gasteiger partial charge on any atom is 0.514 e. The summed E-state index contributed by atoms with van der Waals surface area (Å²) in [4.78, 5) is 11.4. The molecule has 0 aromatic heterocycles. The highest BCUT2D eigenvalue weighted by Gasteiger charge is 2.19. The van der Waals surface area contributed by atoms with Crippen molar-refractivity contribution < 1.29 is 19.4 Å². The summed E-state index contributed by atoms with van der Waals surface area (Å²) in [7, 11) is 0. The first-order chi connectivity index (χ1) is 7.79. The van der Waals surface area contributed by atoms with E-state index in [1.807, 2.05) is 0 Å². The van der Waals surface area contributed by atoms with Gasteiger partial charge in [-0.15, -0.1) is 0 Å². The summed E-state index contributed by atoms with van der Waals surface area (Å²) >= 11 is 0. The van der Waals surface area contributed by atoms with E-state index in [0.717, 1.165) is 0 Å². The predicted octanol–water partition coefficient (Wildman–Crippen LogP) is 3.31. The molecule has 0 bridgehead atoms. The number of hydrogen-bond donors (Lipinski definition) is 1. The van der Waals surface area contributed by atoms with Crippen LogP contribution in [0, 0.1) is 0 Å². The van der Waals surface area contributed by atoms with Gasteiger partial charge >= 0.3 is 6.16 Å². The lowest BCUT2D eigenvalue weighted by Gasteiger charge is -2.19. The first-order valence-corrected chi connectivity index (χ1v) is 5.18. The fraction of sp³-hybridized carbons (Fsp3) is 0.308. The number of aromatic hydroxyl groups is 1. The number of carbonyl (C=O) groups is 1. The minimum Gasteiger partial charge on any atom is -0.507 e. The van der Waals surface area contributed by atoms with Gasteiger partial charge in [0.1, 0.15) is 17.1 Å². The van der Waals surface area contributed by atoms with E-state index in [1.165, 1.54) is 6.07 Å². The Morgan fingerprint density at radius 3 is 2.41 bits per heavy atom. The van der Waals surface area contributed by atoms with Gasteiger partial charge in [0, 0.05) is 0 Å². The fourth-order valence-corrected chi connectivity index (χ4v) is 1.14. The molecule has 0 saturated carbocycles. The fourth-order valence-electron chi connectivity index (χ4n) is 1.14. The van der Waals surface area contributed by atoms with E-state index in [0.29, 0.717) is 5.56 Å². The Balaban J connectivity index is 2.68. The third kappa shape index (κ3) is 4.18. The summed E-state index contributed by atoms with van der Waals surface area (Å²) in [6.07, 6.45) is -0.842. The summed E-state index contributed by atoms with van der Waals surface area (Å²) in [6.45, 7) is 8.77.